The normalized spacial score (nSPS) is 12.8. The summed E-state index contributed by atoms with van der Waals surface area (Å²) >= 11 is 0. The number of methoxy groups -OCH3 is 1. The quantitative estimate of drug-likeness (QED) is 0.518. The van der Waals surface area contributed by atoms with Crippen LogP contribution in [0.4, 0.5) is 8.78 Å². The molecule has 0 saturated heterocycles. The first-order chi connectivity index (χ1) is 13.8. The Kier molecular flexibility index (Phi) is 8.39. The largest absolute Gasteiger partial charge is 0.494 e. The molecule has 0 saturated carbocycles. The molecular weight excluding hydrogens is 374 g/mol. The number of hydrogen-bond acceptors (Lipinski definition) is 3. The molecule has 2 aromatic carbocycles. The fraction of sp³-hybridized carbons (Fsp3) is 0.409. The number of hydrogen-bond donors (Lipinski definition) is 2. The number of nitrogens with zero attached hydrogens (tertiary/aromatic N) is 2. The number of benzene rings is 2. The molecule has 2 N–H and O–H groups in total. The van der Waals surface area contributed by atoms with Gasteiger partial charge in [0.15, 0.2) is 17.5 Å². The van der Waals surface area contributed by atoms with Crippen molar-refractivity contribution in [3.63, 3.8) is 0 Å². The highest BCUT2D eigenvalue weighted by Crippen LogP contribution is 2.21. The van der Waals surface area contributed by atoms with Crippen LogP contribution in [0.3, 0.4) is 0 Å². The summed E-state index contributed by atoms with van der Waals surface area (Å²) in [5.41, 5.74) is 2.34. The van der Waals surface area contributed by atoms with E-state index in [-0.39, 0.29) is 17.6 Å². The van der Waals surface area contributed by atoms with Crippen molar-refractivity contribution < 1.29 is 13.5 Å². The predicted octanol–water partition coefficient (Wildman–Crippen LogP) is 3.85. The second-order valence-electron chi connectivity index (χ2n) is 7.12. The molecule has 0 aliphatic rings. The molecule has 2 aromatic rings. The molecule has 29 heavy (non-hydrogen) atoms. The molecule has 0 heterocycles. The molecule has 0 aliphatic heterocycles. The predicted molar refractivity (Wildman–Crippen MR) is 113 cm³/mol. The summed E-state index contributed by atoms with van der Waals surface area (Å²) in [5.74, 6) is 0.202. The van der Waals surface area contributed by atoms with E-state index in [9.17, 15) is 8.78 Å². The van der Waals surface area contributed by atoms with Crippen LogP contribution in [0.25, 0.3) is 0 Å². The zero-order chi connectivity index (χ0) is 21.4. The Morgan fingerprint density at radius 2 is 1.90 bits per heavy atom. The highest BCUT2D eigenvalue weighted by Gasteiger charge is 2.11. The van der Waals surface area contributed by atoms with Crippen LogP contribution in [-0.4, -0.2) is 38.6 Å². The molecule has 158 valence electrons. The number of ether oxygens (including phenoxy) is 1. The minimum Gasteiger partial charge on any atom is -0.494 e. The molecular formula is C22H30F2N4O. The van der Waals surface area contributed by atoms with Crippen molar-refractivity contribution in [2.75, 3.05) is 27.7 Å². The van der Waals surface area contributed by atoms with E-state index in [2.05, 4.69) is 15.6 Å². The fourth-order valence-electron chi connectivity index (χ4n) is 2.92. The summed E-state index contributed by atoms with van der Waals surface area (Å²) < 4.78 is 32.9. The summed E-state index contributed by atoms with van der Waals surface area (Å²) in [4.78, 5) is 6.52. The summed E-state index contributed by atoms with van der Waals surface area (Å²) in [7, 11) is 5.25. The van der Waals surface area contributed by atoms with Crippen molar-refractivity contribution in [2.45, 2.75) is 33.0 Å². The van der Waals surface area contributed by atoms with Crippen LogP contribution in [0.5, 0.6) is 5.75 Å². The van der Waals surface area contributed by atoms with Crippen LogP contribution in [0.1, 0.15) is 36.6 Å². The average Bonchev–Trinajstić information content (AvgIpc) is 2.68. The van der Waals surface area contributed by atoms with E-state index < -0.39 is 5.82 Å². The third-order valence-corrected chi connectivity index (χ3v) is 4.39. The van der Waals surface area contributed by atoms with Gasteiger partial charge >= 0.3 is 0 Å². The molecule has 1 unspecified atom stereocenters. The molecule has 0 amide bonds. The molecule has 0 fully saturated rings. The third-order valence-electron chi connectivity index (χ3n) is 4.39. The van der Waals surface area contributed by atoms with Crippen molar-refractivity contribution in [2.24, 2.45) is 4.99 Å². The Hall–Kier alpha value is -2.67. The molecule has 0 aromatic heterocycles. The molecule has 7 heteroatoms. The van der Waals surface area contributed by atoms with Gasteiger partial charge in [-0.3, -0.25) is 0 Å². The number of rotatable bonds is 8. The minimum absolute atomic E-state index is 0.161. The monoisotopic (exact) mass is 404 g/mol. The lowest BCUT2D eigenvalue weighted by Crippen LogP contribution is -2.38. The molecule has 5 nitrogen and oxygen atoms in total. The van der Waals surface area contributed by atoms with Gasteiger partial charge in [0.25, 0.3) is 0 Å². The van der Waals surface area contributed by atoms with Gasteiger partial charge in [-0.25, -0.2) is 13.8 Å². The summed E-state index contributed by atoms with van der Waals surface area (Å²) in [6, 6.07) is 9.77. The van der Waals surface area contributed by atoms with Crippen LogP contribution in [0.2, 0.25) is 0 Å². The first kappa shape index (κ1) is 22.6. The summed E-state index contributed by atoms with van der Waals surface area (Å²) in [6.07, 6.45) is 0. The highest BCUT2D eigenvalue weighted by molar-refractivity contribution is 5.80. The van der Waals surface area contributed by atoms with Crippen molar-refractivity contribution in [3.8, 4) is 5.75 Å². The first-order valence-corrected chi connectivity index (χ1v) is 9.64. The Morgan fingerprint density at radius 3 is 2.52 bits per heavy atom. The number of guanidine groups is 1. The van der Waals surface area contributed by atoms with E-state index in [1.807, 2.05) is 45.0 Å². The van der Waals surface area contributed by atoms with Gasteiger partial charge in [-0.05, 0) is 63.3 Å². The first-order valence-electron chi connectivity index (χ1n) is 9.64. The van der Waals surface area contributed by atoms with Gasteiger partial charge in [0, 0.05) is 18.7 Å². The van der Waals surface area contributed by atoms with Gasteiger partial charge in [0.05, 0.1) is 19.7 Å². The Balaban J connectivity index is 2.12. The molecule has 0 aliphatic carbocycles. The van der Waals surface area contributed by atoms with Crippen LogP contribution in [0.15, 0.2) is 41.4 Å². The van der Waals surface area contributed by atoms with E-state index in [1.165, 1.54) is 19.2 Å². The lowest BCUT2D eigenvalue weighted by molar-refractivity contribution is 0.386. The summed E-state index contributed by atoms with van der Waals surface area (Å²) in [6.45, 7) is 5.52. The van der Waals surface area contributed by atoms with Crippen molar-refractivity contribution in [1.82, 2.24) is 15.5 Å². The maximum Gasteiger partial charge on any atom is 0.192 e. The average molecular weight is 405 g/mol. The lowest BCUT2D eigenvalue weighted by atomic mass is 10.1. The Labute approximate surface area is 171 Å². The molecule has 2 rings (SSSR count). The van der Waals surface area contributed by atoms with E-state index in [0.29, 0.717) is 31.2 Å². The highest BCUT2D eigenvalue weighted by atomic mass is 19.1. The zero-order valence-electron chi connectivity index (χ0n) is 17.7. The Morgan fingerprint density at radius 1 is 1.14 bits per heavy atom. The van der Waals surface area contributed by atoms with Gasteiger partial charge in [0.1, 0.15) is 5.82 Å². The SMILES string of the molecule is CCNC(=NCc1ccc(F)c(CN(C)C)c1)NC(C)c1ccc(OC)c(F)c1. The van der Waals surface area contributed by atoms with Gasteiger partial charge in [-0.1, -0.05) is 12.1 Å². The fourth-order valence-corrected chi connectivity index (χ4v) is 2.92. The minimum atomic E-state index is -0.402. The molecule has 0 radical (unpaired) electrons. The number of halogens is 2. The third kappa shape index (κ3) is 6.71. The van der Waals surface area contributed by atoms with Gasteiger partial charge in [-0.15, -0.1) is 0 Å². The maximum absolute atomic E-state index is 14.0. The van der Waals surface area contributed by atoms with E-state index >= 15 is 0 Å². The zero-order valence-corrected chi connectivity index (χ0v) is 17.7. The number of nitrogens with one attached hydrogen (secondary N) is 2. The second-order valence-corrected chi connectivity index (χ2v) is 7.12. The van der Waals surface area contributed by atoms with Gasteiger partial charge < -0.3 is 20.3 Å². The van der Waals surface area contributed by atoms with Crippen LogP contribution < -0.4 is 15.4 Å². The lowest BCUT2D eigenvalue weighted by Gasteiger charge is -2.19. The maximum atomic E-state index is 14.0. The van der Waals surface area contributed by atoms with E-state index in [1.54, 1.807) is 12.1 Å². The van der Waals surface area contributed by atoms with Crippen molar-refractivity contribution >= 4 is 5.96 Å². The van der Waals surface area contributed by atoms with Crippen molar-refractivity contribution in [3.05, 3.63) is 64.7 Å². The van der Waals surface area contributed by atoms with Crippen LogP contribution in [0, 0.1) is 11.6 Å². The Bertz CT molecular complexity index is 840. The van der Waals surface area contributed by atoms with Crippen molar-refractivity contribution in [1.29, 1.82) is 0 Å². The molecule has 0 bridgehead atoms. The van der Waals surface area contributed by atoms with Gasteiger partial charge in [-0.2, -0.15) is 0 Å². The second kappa shape index (κ2) is 10.8. The standard InChI is InChI=1S/C22H30F2N4O/c1-6-25-22(27-15(2)17-8-10-21(29-5)20(24)12-17)26-13-16-7-9-19(23)18(11-16)14-28(3)4/h7-12,15H,6,13-14H2,1-5H3,(H2,25,26,27). The van der Waals surface area contributed by atoms with E-state index in [4.69, 9.17) is 4.74 Å². The molecule has 1 atom stereocenters. The van der Waals surface area contributed by atoms with Gasteiger partial charge in [0.2, 0.25) is 0 Å². The smallest absolute Gasteiger partial charge is 0.192 e. The van der Waals surface area contributed by atoms with Crippen LogP contribution >= 0.6 is 0 Å². The van der Waals surface area contributed by atoms with E-state index in [0.717, 1.165) is 11.1 Å². The topological polar surface area (TPSA) is 48.9 Å². The number of aliphatic imine (C=N–C) groups is 1. The molecule has 0 spiro atoms. The van der Waals surface area contributed by atoms with Crippen LogP contribution in [-0.2, 0) is 13.1 Å². The summed E-state index contributed by atoms with van der Waals surface area (Å²) in [5, 5.41) is 6.46.